The number of ether oxygens (including phenoxy) is 5. The van der Waals surface area contributed by atoms with Crippen LogP contribution >= 0.6 is 0 Å². The lowest BCUT2D eigenvalue weighted by Gasteiger charge is -2.34. The first-order valence-electron chi connectivity index (χ1n) is 14.3. The molecule has 0 spiro atoms. The fourth-order valence-corrected chi connectivity index (χ4v) is 6.03. The van der Waals surface area contributed by atoms with Gasteiger partial charge < -0.3 is 33.5 Å². The van der Waals surface area contributed by atoms with Crippen LogP contribution in [0.1, 0.15) is 16.7 Å². The highest BCUT2D eigenvalue weighted by molar-refractivity contribution is 5.94. The Bertz CT molecular complexity index is 1510. The Labute approximate surface area is 243 Å². The third-order valence-corrected chi connectivity index (χ3v) is 8.39. The van der Waals surface area contributed by atoms with Crippen LogP contribution in [0.3, 0.4) is 0 Å². The smallest absolute Gasteiger partial charge is 0.203 e. The molecule has 0 aliphatic carbocycles. The Morgan fingerprint density at radius 3 is 1.46 bits per heavy atom. The average molecular weight is 559 g/mol. The second kappa shape index (κ2) is 12.9. The first-order chi connectivity index (χ1) is 20.0. The second-order valence-electron chi connectivity index (χ2n) is 10.7. The highest BCUT2D eigenvalue weighted by Crippen LogP contribution is 2.43. The molecule has 218 valence electrons. The Kier molecular flexibility index (Phi) is 9.06. The molecule has 0 bridgehead atoms. The van der Waals surface area contributed by atoms with Crippen molar-refractivity contribution in [3.8, 4) is 28.7 Å². The fraction of sp³-hybridized carbons (Fsp3) is 0.412. The summed E-state index contributed by atoms with van der Waals surface area (Å²) in [4.78, 5) is 5.16. The standard InChI is InChI=1S/C34H42N2O5/c1-23-30(37-2)21-26-19-24(7-9-28(26)32(23)39-4)11-13-35-15-17-36(18-16-35)14-12-25-8-10-29-27(20-25)22-31(38-3)34(41-6)33(29)40-5/h7-10,19-22H,11-18H2,1-6H3. The van der Waals surface area contributed by atoms with E-state index in [4.69, 9.17) is 23.7 Å². The van der Waals surface area contributed by atoms with E-state index in [1.807, 2.05) is 13.0 Å². The predicted molar refractivity (Wildman–Crippen MR) is 166 cm³/mol. The van der Waals surface area contributed by atoms with Crippen molar-refractivity contribution in [3.63, 3.8) is 0 Å². The molecule has 5 rings (SSSR count). The van der Waals surface area contributed by atoms with Crippen LogP contribution in [0.2, 0.25) is 0 Å². The van der Waals surface area contributed by atoms with Crippen LogP contribution in [0.25, 0.3) is 21.5 Å². The summed E-state index contributed by atoms with van der Waals surface area (Å²) in [5.41, 5.74) is 3.69. The number of rotatable bonds is 11. The third kappa shape index (κ3) is 6.02. The summed E-state index contributed by atoms with van der Waals surface area (Å²) in [6, 6.07) is 17.4. The number of methoxy groups -OCH3 is 5. The van der Waals surface area contributed by atoms with Gasteiger partial charge in [0.25, 0.3) is 0 Å². The number of hydrogen-bond acceptors (Lipinski definition) is 7. The van der Waals surface area contributed by atoms with Crippen molar-refractivity contribution in [2.24, 2.45) is 0 Å². The number of fused-ring (bicyclic) bond motifs is 2. The maximum atomic E-state index is 5.69. The summed E-state index contributed by atoms with van der Waals surface area (Å²) in [7, 11) is 8.40. The molecule has 0 amide bonds. The minimum absolute atomic E-state index is 0.629. The number of hydrogen-bond donors (Lipinski definition) is 0. The van der Waals surface area contributed by atoms with Crippen molar-refractivity contribution in [2.75, 3.05) is 74.8 Å². The highest BCUT2D eigenvalue weighted by atomic mass is 16.5. The van der Waals surface area contributed by atoms with Gasteiger partial charge in [-0.05, 0) is 53.8 Å². The number of nitrogens with zero attached hydrogens (tertiary/aromatic N) is 2. The molecular weight excluding hydrogens is 516 g/mol. The zero-order valence-electron chi connectivity index (χ0n) is 25.2. The molecule has 7 heteroatoms. The Morgan fingerprint density at radius 2 is 1.00 bits per heavy atom. The molecule has 4 aromatic carbocycles. The van der Waals surface area contributed by atoms with Gasteiger partial charge in [0.1, 0.15) is 11.5 Å². The largest absolute Gasteiger partial charge is 0.496 e. The topological polar surface area (TPSA) is 52.6 Å². The Morgan fingerprint density at radius 1 is 0.537 bits per heavy atom. The van der Waals surface area contributed by atoms with Crippen molar-refractivity contribution in [3.05, 3.63) is 65.2 Å². The molecule has 1 aliphatic heterocycles. The lowest BCUT2D eigenvalue weighted by atomic mass is 10.0. The molecule has 0 N–H and O–H groups in total. The third-order valence-electron chi connectivity index (χ3n) is 8.39. The molecule has 0 atom stereocenters. The van der Waals surface area contributed by atoms with Crippen LogP contribution in [0, 0.1) is 6.92 Å². The molecule has 7 nitrogen and oxygen atoms in total. The fourth-order valence-electron chi connectivity index (χ4n) is 6.03. The number of piperazine rings is 1. The van der Waals surface area contributed by atoms with E-state index in [0.29, 0.717) is 17.2 Å². The normalized spacial score (nSPS) is 14.4. The van der Waals surface area contributed by atoms with Crippen LogP contribution in [-0.4, -0.2) is 84.6 Å². The van der Waals surface area contributed by atoms with Gasteiger partial charge in [-0.2, -0.15) is 0 Å². The van der Waals surface area contributed by atoms with E-state index >= 15 is 0 Å². The number of benzene rings is 4. The molecule has 0 radical (unpaired) electrons. The summed E-state index contributed by atoms with van der Waals surface area (Å²) in [5, 5.41) is 4.42. The van der Waals surface area contributed by atoms with Crippen molar-refractivity contribution in [1.82, 2.24) is 9.80 Å². The molecule has 0 aromatic heterocycles. The van der Waals surface area contributed by atoms with Crippen molar-refractivity contribution in [1.29, 1.82) is 0 Å². The van der Waals surface area contributed by atoms with Crippen molar-refractivity contribution >= 4 is 21.5 Å². The van der Waals surface area contributed by atoms with Gasteiger partial charge in [0, 0.05) is 55.6 Å². The predicted octanol–water partition coefficient (Wildman–Crippen LogP) is 5.75. The van der Waals surface area contributed by atoms with E-state index in [2.05, 4.69) is 52.3 Å². The van der Waals surface area contributed by atoms with Gasteiger partial charge in [0.15, 0.2) is 11.5 Å². The summed E-state index contributed by atoms with van der Waals surface area (Å²) in [5.74, 6) is 3.78. The maximum Gasteiger partial charge on any atom is 0.203 e. The highest BCUT2D eigenvalue weighted by Gasteiger charge is 2.19. The molecule has 1 heterocycles. The van der Waals surface area contributed by atoms with Gasteiger partial charge in [-0.1, -0.05) is 36.4 Å². The van der Waals surface area contributed by atoms with Gasteiger partial charge >= 0.3 is 0 Å². The second-order valence-corrected chi connectivity index (χ2v) is 10.7. The van der Waals surface area contributed by atoms with E-state index in [9.17, 15) is 0 Å². The van der Waals surface area contributed by atoms with Crippen LogP contribution in [0.15, 0.2) is 48.5 Å². The minimum Gasteiger partial charge on any atom is -0.496 e. The monoisotopic (exact) mass is 558 g/mol. The molecule has 1 saturated heterocycles. The molecule has 1 fully saturated rings. The summed E-state index contributed by atoms with van der Waals surface area (Å²) < 4.78 is 28.0. The van der Waals surface area contributed by atoms with E-state index < -0.39 is 0 Å². The first kappa shape index (κ1) is 28.8. The van der Waals surface area contributed by atoms with Crippen LogP contribution in [0.4, 0.5) is 0 Å². The Balaban J connectivity index is 1.15. The molecule has 41 heavy (non-hydrogen) atoms. The van der Waals surface area contributed by atoms with E-state index in [-0.39, 0.29) is 0 Å². The van der Waals surface area contributed by atoms with Crippen LogP contribution < -0.4 is 23.7 Å². The van der Waals surface area contributed by atoms with Crippen LogP contribution in [0.5, 0.6) is 28.7 Å². The SMILES string of the molecule is COc1cc2cc(CCN3CCN(CCc4ccc5c(OC)c(OC)c(OC)cc5c4)CC3)ccc2c(OC)c1C. The summed E-state index contributed by atoms with van der Waals surface area (Å²) in [6.07, 6.45) is 2.04. The zero-order chi connectivity index (χ0) is 28.9. The van der Waals surface area contributed by atoms with Gasteiger partial charge in [0.2, 0.25) is 5.75 Å². The van der Waals surface area contributed by atoms with Gasteiger partial charge in [-0.15, -0.1) is 0 Å². The lowest BCUT2D eigenvalue weighted by molar-refractivity contribution is 0.134. The van der Waals surface area contributed by atoms with Gasteiger partial charge in [0.05, 0.1) is 35.5 Å². The maximum absolute atomic E-state index is 5.69. The van der Waals surface area contributed by atoms with Crippen LogP contribution in [-0.2, 0) is 12.8 Å². The molecular formula is C34H42N2O5. The molecule has 1 aliphatic rings. The van der Waals surface area contributed by atoms with E-state index in [0.717, 1.165) is 90.7 Å². The zero-order valence-corrected chi connectivity index (χ0v) is 25.2. The van der Waals surface area contributed by atoms with E-state index in [1.54, 1.807) is 35.5 Å². The van der Waals surface area contributed by atoms with Gasteiger partial charge in [-0.25, -0.2) is 0 Å². The molecule has 4 aromatic rings. The minimum atomic E-state index is 0.629. The van der Waals surface area contributed by atoms with Crippen molar-refractivity contribution < 1.29 is 23.7 Å². The first-order valence-corrected chi connectivity index (χ1v) is 14.3. The summed E-state index contributed by atoms with van der Waals surface area (Å²) >= 11 is 0. The van der Waals surface area contributed by atoms with Crippen molar-refractivity contribution in [2.45, 2.75) is 19.8 Å². The Hall–Kier alpha value is -3.68. The van der Waals surface area contributed by atoms with E-state index in [1.165, 1.54) is 11.1 Å². The quantitative estimate of drug-likeness (QED) is 0.232. The molecule has 0 unspecified atom stereocenters. The summed E-state index contributed by atoms with van der Waals surface area (Å²) in [6.45, 7) is 8.55. The molecule has 0 saturated carbocycles. The average Bonchev–Trinajstić information content (AvgIpc) is 3.01. The van der Waals surface area contributed by atoms with Gasteiger partial charge in [-0.3, -0.25) is 0 Å². The lowest BCUT2D eigenvalue weighted by Crippen LogP contribution is -2.47.